The van der Waals surface area contributed by atoms with E-state index in [0.29, 0.717) is 11.3 Å². The summed E-state index contributed by atoms with van der Waals surface area (Å²) < 4.78 is 0. The quantitative estimate of drug-likeness (QED) is 0.832. The minimum absolute atomic E-state index is 0.0529. The molecule has 21 heavy (non-hydrogen) atoms. The highest BCUT2D eigenvalue weighted by Gasteiger charge is 2.22. The number of anilines is 2. The number of nitrogens with two attached hydrogens (primary N) is 1. The van der Waals surface area contributed by atoms with Gasteiger partial charge in [0.2, 0.25) is 0 Å². The van der Waals surface area contributed by atoms with Crippen molar-refractivity contribution in [3.63, 3.8) is 0 Å². The van der Waals surface area contributed by atoms with Crippen LogP contribution in [0.15, 0.2) is 18.2 Å². The van der Waals surface area contributed by atoms with Crippen LogP contribution in [0.25, 0.3) is 0 Å². The van der Waals surface area contributed by atoms with E-state index in [0.717, 1.165) is 31.5 Å². The molecule has 1 saturated heterocycles. The molecule has 2 rings (SSSR count). The van der Waals surface area contributed by atoms with Gasteiger partial charge in [-0.3, -0.25) is 4.79 Å². The molecule has 1 fully saturated rings. The molecular weight excluding hydrogens is 266 g/mol. The smallest absolute Gasteiger partial charge is 0.253 e. The van der Waals surface area contributed by atoms with E-state index in [2.05, 4.69) is 4.90 Å². The van der Waals surface area contributed by atoms with Crippen LogP contribution in [0, 0.1) is 0 Å². The maximum absolute atomic E-state index is 12.0. The van der Waals surface area contributed by atoms with Gasteiger partial charge in [-0.05, 0) is 31.0 Å². The molecule has 1 aromatic rings. The minimum atomic E-state index is -0.0529. The minimum Gasteiger partial charge on any atom is -0.397 e. The number of hydrogen-bond donors (Lipinski definition) is 2. The molecule has 5 nitrogen and oxygen atoms in total. The number of benzene rings is 1. The Kier molecular flexibility index (Phi) is 5.07. The lowest BCUT2D eigenvalue weighted by Gasteiger charge is -2.32. The van der Waals surface area contributed by atoms with Crippen molar-refractivity contribution in [3.8, 4) is 0 Å². The van der Waals surface area contributed by atoms with E-state index in [1.54, 1.807) is 20.2 Å². The molecule has 1 amide bonds. The number of nitrogens with zero attached hydrogens (tertiary/aromatic N) is 2. The topological polar surface area (TPSA) is 69.8 Å². The highest BCUT2D eigenvalue weighted by Crippen LogP contribution is 2.30. The van der Waals surface area contributed by atoms with E-state index in [9.17, 15) is 9.90 Å². The molecule has 5 heteroatoms. The third-order valence-corrected chi connectivity index (χ3v) is 4.08. The summed E-state index contributed by atoms with van der Waals surface area (Å²) in [6.07, 6.45) is 4.41. The van der Waals surface area contributed by atoms with Crippen molar-refractivity contribution >= 4 is 17.3 Å². The molecule has 0 bridgehead atoms. The second kappa shape index (κ2) is 6.80. The molecule has 1 aromatic carbocycles. The largest absolute Gasteiger partial charge is 0.397 e. The van der Waals surface area contributed by atoms with Crippen molar-refractivity contribution < 1.29 is 9.90 Å². The van der Waals surface area contributed by atoms with Crippen molar-refractivity contribution in [1.82, 2.24) is 4.90 Å². The van der Waals surface area contributed by atoms with Crippen molar-refractivity contribution in [3.05, 3.63) is 23.8 Å². The molecule has 0 spiro atoms. The summed E-state index contributed by atoms with van der Waals surface area (Å²) in [7, 11) is 3.45. The average Bonchev–Trinajstić information content (AvgIpc) is 2.71. The number of amides is 1. The Balaban J connectivity index is 2.28. The Morgan fingerprint density at radius 3 is 2.76 bits per heavy atom. The van der Waals surface area contributed by atoms with Crippen LogP contribution in [0.4, 0.5) is 11.4 Å². The van der Waals surface area contributed by atoms with Crippen LogP contribution in [-0.4, -0.2) is 49.2 Å². The van der Waals surface area contributed by atoms with Crippen molar-refractivity contribution in [2.45, 2.75) is 31.7 Å². The molecular formula is C16H25N3O2. The predicted octanol–water partition coefficient (Wildman–Crippen LogP) is 1.71. The fourth-order valence-corrected chi connectivity index (χ4v) is 2.89. The summed E-state index contributed by atoms with van der Waals surface area (Å²) in [5, 5.41) is 9.61. The number of carbonyl (C=O) groups excluding carboxylic acids is 1. The van der Waals surface area contributed by atoms with Crippen LogP contribution in [-0.2, 0) is 0 Å². The number of carbonyl (C=O) groups is 1. The summed E-state index contributed by atoms with van der Waals surface area (Å²) in [4.78, 5) is 15.7. The monoisotopic (exact) mass is 291 g/mol. The summed E-state index contributed by atoms with van der Waals surface area (Å²) in [5.41, 5.74) is 8.28. The summed E-state index contributed by atoms with van der Waals surface area (Å²) in [6.45, 7) is 1.04. The normalized spacial score (nSPS) is 19.2. The average molecular weight is 291 g/mol. The van der Waals surface area contributed by atoms with Gasteiger partial charge in [-0.2, -0.15) is 0 Å². The number of hydrogen-bond acceptors (Lipinski definition) is 4. The number of aliphatic hydroxyl groups is 1. The van der Waals surface area contributed by atoms with Gasteiger partial charge in [0.1, 0.15) is 0 Å². The lowest BCUT2D eigenvalue weighted by Crippen LogP contribution is -2.38. The molecule has 1 unspecified atom stereocenters. The molecule has 0 aliphatic carbocycles. The number of aliphatic hydroxyl groups excluding tert-OH is 1. The second-order valence-corrected chi connectivity index (χ2v) is 5.85. The molecule has 116 valence electrons. The van der Waals surface area contributed by atoms with E-state index in [4.69, 9.17) is 5.73 Å². The molecule has 0 aromatic heterocycles. The molecule has 1 aliphatic heterocycles. The first kappa shape index (κ1) is 15.6. The Hall–Kier alpha value is -1.75. The van der Waals surface area contributed by atoms with Gasteiger partial charge in [0, 0.05) is 26.2 Å². The second-order valence-electron chi connectivity index (χ2n) is 5.85. The summed E-state index contributed by atoms with van der Waals surface area (Å²) >= 11 is 0. The number of rotatable bonds is 3. The maximum atomic E-state index is 12.0. The molecule has 0 radical (unpaired) electrons. The van der Waals surface area contributed by atoms with Crippen LogP contribution in [0.3, 0.4) is 0 Å². The highest BCUT2D eigenvalue weighted by molar-refractivity contribution is 5.95. The van der Waals surface area contributed by atoms with Gasteiger partial charge in [-0.25, -0.2) is 0 Å². The summed E-state index contributed by atoms with van der Waals surface area (Å²) in [6, 6.07) is 5.56. The fraction of sp³-hybridized carbons (Fsp3) is 0.562. The molecule has 0 saturated carbocycles. The Bertz CT molecular complexity index is 502. The molecule has 3 N–H and O–H groups in total. The number of nitrogen functional groups attached to an aromatic ring is 1. The molecule has 1 atom stereocenters. The fourth-order valence-electron chi connectivity index (χ4n) is 2.89. The van der Waals surface area contributed by atoms with Gasteiger partial charge < -0.3 is 20.6 Å². The standard InChI is InChI=1S/C16H25N3O2/c1-18(2)16(21)12-7-8-15(14(17)10-12)19-9-5-3-4-6-13(19)11-20/h7-8,10,13,20H,3-6,9,11,17H2,1-2H3. The molecule has 1 heterocycles. The predicted molar refractivity (Wildman–Crippen MR) is 85.6 cm³/mol. The highest BCUT2D eigenvalue weighted by atomic mass is 16.3. The first-order valence-electron chi connectivity index (χ1n) is 7.53. The Morgan fingerprint density at radius 2 is 2.14 bits per heavy atom. The zero-order chi connectivity index (χ0) is 15.4. The molecule has 1 aliphatic rings. The van der Waals surface area contributed by atoms with E-state index in [-0.39, 0.29) is 18.6 Å². The zero-order valence-electron chi connectivity index (χ0n) is 12.9. The van der Waals surface area contributed by atoms with Gasteiger partial charge in [0.15, 0.2) is 0 Å². The maximum Gasteiger partial charge on any atom is 0.253 e. The van der Waals surface area contributed by atoms with Gasteiger partial charge >= 0.3 is 0 Å². The van der Waals surface area contributed by atoms with Crippen molar-refractivity contribution in [2.75, 3.05) is 37.9 Å². The van der Waals surface area contributed by atoms with Crippen LogP contribution >= 0.6 is 0 Å². The Labute approximate surface area is 126 Å². The van der Waals surface area contributed by atoms with Crippen LogP contribution in [0.2, 0.25) is 0 Å². The summed E-state index contributed by atoms with van der Waals surface area (Å²) in [5.74, 6) is -0.0529. The van der Waals surface area contributed by atoms with Crippen molar-refractivity contribution in [2.24, 2.45) is 0 Å². The van der Waals surface area contributed by atoms with Gasteiger partial charge in [0.25, 0.3) is 5.91 Å². The van der Waals surface area contributed by atoms with Crippen molar-refractivity contribution in [1.29, 1.82) is 0 Å². The lowest BCUT2D eigenvalue weighted by atomic mass is 10.1. The third kappa shape index (κ3) is 3.47. The first-order chi connectivity index (χ1) is 10.0. The van der Waals surface area contributed by atoms with Gasteiger partial charge in [-0.15, -0.1) is 0 Å². The van der Waals surface area contributed by atoms with E-state index >= 15 is 0 Å². The lowest BCUT2D eigenvalue weighted by molar-refractivity contribution is 0.0827. The van der Waals surface area contributed by atoms with Gasteiger partial charge in [-0.1, -0.05) is 12.8 Å². The van der Waals surface area contributed by atoms with Crippen LogP contribution in [0.5, 0.6) is 0 Å². The SMILES string of the molecule is CN(C)C(=O)c1ccc(N2CCCCCC2CO)c(N)c1. The van der Waals surface area contributed by atoms with Crippen LogP contribution < -0.4 is 10.6 Å². The van der Waals surface area contributed by atoms with E-state index in [1.165, 1.54) is 11.3 Å². The zero-order valence-corrected chi connectivity index (χ0v) is 12.9. The van der Waals surface area contributed by atoms with Crippen LogP contribution in [0.1, 0.15) is 36.0 Å². The Morgan fingerprint density at radius 1 is 1.38 bits per heavy atom. The van der Waals surface area contributed by atoms with Gasteiger partial charge in [0.05, 0.1) is 24.0 Å². The van der Waals surface area contributed by atoms with E-state index < -0.39 is 0 Å². The first-order valence-corrected chi connectivity index (χ1v) is 7.53. The third-order valence-electron chi connectivity index (χ3n) is 4.08. The van der Waals surface area contributed by atoms with E-state index in [1.807, 2.05) is 12.1 Å².